The molecule has 0 atom stereocenters. The van der Waals surface area contributed by atoms with Crippen molar-refractivity contribution in [3.05, 3.63) is 0 Å². The molecule has 0 aliphatic heterocycles. The normalized spacial score (nSPS) is 11.9. The predicted octanol–water partition coefficient (Wildman–Crippen LogP) is 1.54. The second-order valence-electron chi connectivity index (χ2n) is 5.16. The lowest BCUT2D eigenvalue weighted by molar-refractivity contribution is -0.121. The van der Waals surface area contributed by atoms with E-state index in [9.17, 15) is 4.79 Å². The van der Waals surface area contributed by atoms with Crippen LogP contribution >= 0.6 is 0 Å². The minimum absolute atomic E-state index is 0.0706. The van der Waals surface area contributed by atoms with E-state index in [1.165, 1.54) is 0 Å². The van der Waals surface area contributed by atoms with Gasteiger partial charge in [-0.2, -0.15) is 0 Å². The first-order valence-corrected chi connectivity index (χ1v) is 5.33. The van der Waals surface area contributed by atoms with Crippen LogP contribution in [0.25, 0.3) is 0 Å². The van der Waals surface area contributed by atoms with Crippen LogP contribution in [-0.4, -0.2) is 24.5 Å². The molecule has 3 heteroatoms. The highest BCUT2D eigenvalue weighted by molar-refractivity contribution is 5.78. The predicted molar refractivity (Wildman–Crippen MR) is 60.2 cm³/mol. The summed E-state index contributed by atoms with van der Waals surface area (Å²) < 4.78 is 0. The van der Waals surface area contributed by atoms with Gasteiger partial charge in [0.2, 0.25) is 5.91 Å². The third-order valence-electron chi connectivity index (χ3n) is 1.70. The minimum atomic E-state index is -0.128. The third-order valence-corrected chi connectivity index (χ3v) is 1.70. The Morgan fingerprint density at radius 3 is 2.29 bits per heavy atom. The molecule has 0 aliphatic rings. The molecule has 3 nitrogen and oxygen atoms in total. The monoisotopic (exact) mass is 200 g/mol. The molecule has 0 aliphatic carbocycles. The van der Waals surface area contributed by atoms with Crippen LogP contribution in [0.3, 0.4) is 0 Å². The molecule has 0 radical (unpaired) electrons. The van der Waals surface area contributed by atoms with Crippen molar-refractivity contribution in [2.24, 2.45) is 5.92 Å². The number of rotatable bonds is 5. The molecule has 0 fully saturated rings. The molecule has 14 heavy (non-hydrogen) atoms. The molecule has 0 heterocycles. The molecule has 0 saturated heterocycles. The van der Waals surface area contributed by atoms with E-state index in [1.54, 1.807) is 0 Å². The summed E-state index contributed by atoms with van der Waals surface area (Å²) in [6.07, 6.45) is 1.11. The summed E-state index contributed by atoms with van der Waals surface area (Å²) >= 11 is 0. The SMILES string of the molecule is CC(C)CCNCC(=O)NC(C)(C)C. The Morgan fingerprint density at radius 2 is 1.86 bits per heavy atom. The van der Waals surface area contributed by atoms with Crippen molar-refractivity contribution in [3.8, 4) is 0 Å². The number of carbonyl (C=O) groups excluding carboxylic acids is 1. The fraction of sp³-hybridized carbons (Fsp3) is 0.909. The summed E-state index contributed by atoms with van der Waals surface area (Å²) in [5.74, 6) is 0.759. The van der Waals surface area contributed by atoms with Gasteiger partial charge in [0.15, 0.2) is 0 Å². The van der Waals surface area contributed by atoms with Crippen LogP contribution in [-0.2, 0) is 4.79 Å². The summed E-state index contributed by atoms with van der Waals surface area (Å²) in [4.78, 5) is 11.3. The van der Waals surface area contributed by atoms with E-state index in [2.05, 4.69) is 24.5 Å². The lowest BCUT2D eigenvalue weighted by atomic mass is 10.1. The number of carbonyl (C=O) groups is 1. The largest absolute Gasteiger partial charge is 0.350 e. The van der Waals surface area contributed by atoms with Gasteiger partial charge in [0.1, 0.15) is 0 Å². The first-order valence-electron chi connectivity index (χ1n) is 5.33. The van der Waals surface area contributed by atoms with Gasteiger partial charge < -0.3 is 10.6 Å². The molecule has 2 N–H and O–H groups in total. The lowest BCUT2D eigenvalue weighted by Crippen LogP contribution is -2.45. The van der Waals surface area contributed by atoms with Gasteiger partial charge in [0.25, 0.3) is 0 Å². The van der Waals surface area contributed by atoms with Crippen molar-refractivity contribution in [3.63, 3.8) is 0 Å². The van der Waals surface area contributed by atoms with Crippen molar-refractivity contribution in [2.45, 2.75) is 46.6 Å². The second-order valence-corrected chi connectivity index (χ2v) is 5.16. The molecule has 84 valence electrons. The van der Waals surface area contributed by atoms with E-state index < -0.39 is 0 Å². The van der Waals surface area contributed by atoms with Crippen LogP contribution in [0.1, 0.15) is 41.0 Å². The van der Waals surface area contributed by atoms with Crippen LogP contribution in [0.15, 0.2) is 0 Å². The first kappa shape index (κ1) is 13.4. The van der Waals surface area contributed by atoms with Crippen LogP contribution in [0, 0.1) is 5.92 Å². The van der Waals surface area contributed by atoms with Gasteiger partial charge >= 0.3 is 0 Å². The second kappa shape index (κ2) is 6.02. The highest BCUT2D eigenvalue weighted by atomic mass is 16.2. The van der Waals surface area contributed by atoms with E-state index in [0.717, 1.165) is 13.0 Å². The van der Waals surface area contributed by atoms with Crippen LogP contribution < -0.4 is 10.6 Å². The molecule has 0 unspecified atom stereocenters. The molecule has 0 saturated carbocycles. The Hall–Kier alpha value is -0.570. The number of amides is 1. The van der Waals surface area contributed by atoms with Crippen molar-refractivity contribution in [1.29, 1.82) is 0 Å². The maximum absolute atomic E-state index is 11.3. The molecule has 0 aromatic rings. The average molecular weight is 200 g/mol. The topological polar surface area (TPSA) is 41.1 Å². The quantitative estimate of drug-likeness (QED) is 0.661. The number of hydrogen-bond acceptors (Lipinski definition) is 2. The first-order chi connectivity index (χ1) is 6.31. The Kier molecular flexibility index (Phi) is 5.77. The zero-order valence-corrected chi connectivity index (χ0v) is 10.1. The van der Waals surface area contributed by atoms with Gasteiger partial charge in [-0.3, -0.25) is 4.79 Å². The molecule has 1 amide bonds. The molecule has 0 bridgehead atoms. The molecule has 0 rings (SSSR count). The maximum Gasteiger partial charge on any atom is 0.234 e. The average Bonchev–Trinajstić information content (AvgIpc) is 1.94. The summed E-state index contributed by atoms with van der Waals surface area (Å²) in [6.45, 7) is 11.6. The molecule has 0 aromatic carbocycles. The Balaban J connectivity index is 3.46. The summed E-state index contributed by atoms with van der Waals surface area (Å²) in [5, 5.41) is 6.03. The van der Waals surface area contributed by atoms with Gasteiger partial charge in [-0.1, -0.05) is 13.8 Å². The van der Waals surface area contributed by atoms with E-state index in [0.29, 0.717) is 12.5 Å². The Labute approximate surface area is 87.6 Å². The summed E-state index contributed by atoms with van der Waals surface area (Å²) in [7, 11) is 0. The smallest absolute Gasteiger partial charge is 0.234 e. The lowest BCUT2D eigenvalue weighted by Gasteiger charge is -2.20. The fourth-order valence-electron chi connectivity index (χ4n) is 1.06. The molecular weight excluding hydrogens is 176 g/mol. The highest BCUT2D eigenvalue weighted by Crippen LogP contribution is 1.98. The van der Waals surface area contributed by atoms with Gasteiger partial charge in [0.05, 0.1) is 6.54 Å². The fourth-order valence-corrected chi connectivity index (χ4v) is 1.06. The molecule has 0 aromatic heterocycles. The Morgan fingerprint density at radius 1 is 1.29 bits per heavy atom. The zero-order valence-electron chi connectivity index (χ0n) is 10.1. The highest BCUT2D eigenvalue weighted by Gasteiger charge is 2.12. The van der Waals surface area contributed by atoms with Crippen molar-refractivity contribution < 1.29 is 4.79 Å². The van der Waals surface area contributed by atoms with Crippen LogP contribution in [0.4, 0.5) is 0 Å². The minimum Gasteiger partial charge on any atom is -0.350 e. The summed E-state index contributed by atoms with van der Waals surface area (Å²) in [5.41, 5.74) is -0.128. The van der Waals surface area contributed by atoms with E-state index in [4.69, 9.17) is 0 Å². The van der Waals surface area contributed by atoms with Gasteiger partial charge in [0, 0.05) is 5.54 Å². The molecule has 0 spiro atoms. The van der Waals surface area contributed by atoms with Gasteiger partial charge in [-0.25, -0.2) is 0 Å². The van der Waals surface area contributed by atoms with Crippen molar-refractivity contribution in [2.75, 3.05) is 13.1 Å². The van der Waals surface area contributed by atoms with E-state index in [-0.39, 0.29) is 11.4 Å². The van der Waals surface area contributed by atoms with Crippen LogP contribution in [0.5, 0.6) is 0 Å². The summed E-state index contributed by atoms with van der Waals surface area (Å²) in [6, 6.07) is 0. The maximum atomic E-state index is 11.3. The molecular formula is C11H24N2O. The van der Waals surface area contributed by atoms with Crippen molar-refractivity contribution >= 4 is 5.91 Å². The standard InChI is InChI=1S/C11H24N2O/c1-9(2)6-7-12-8-10(14)13-11(3,4)5/h9,12H,6-8H2,1-5H3,(H,13,14). The van der Waals surface area contributed by atoms with E-state index in [1.807, 2.05) is 20.8 Å². The Bertz CT molecular complexity index is 171. The van der Waals surface area contributed by atoms with Crippen molar-refractivity contribution in [1.82, 2.24) is 10.6 Å². The van der Waals surface area contributed by atoms with Crippen LogP contribution in [0.2, 0.25) is 0 Å². The van der Waals surface area contributed by atoms with Gasteiger partial charge in [-0.05, 0) is 39.7 Å². The van der Waals surface area contributed by atoms with Gasteiger partial charge in [-0.15, -0.1) is 0 Å². The zero-order chi connectivity index (χ0) is 11.2. The van der Waals surface area contributed by atoms with E-state index >= 15 is 0 Å². The number of nitrogens with one attached hydrogen (secondary N) is 2. The third kappa shape index (κ3) is 9.52. The number of hydrogen-bond donors (Lipinski definition) is 2.